The molecule has 0 spiro atoms. The van der Waals surface area contributed by atoms with Crippen LogP contribution in [0.1, 0.15) is 5.56 Å². The first-order chi connectivity index (χ1) is 8.97. The van der Waals surface area contributed by atoms with Crippen LogP contribution in [0.25, 0.3) is 0 Å². The lowest BCUT2D eigenvalue weighted by Gasteiger charge is -2.06. The summed E-state index contributed by atoms with van der Waals surface area (Å²) >= 11 is 0. The van der Waals surface area contributed by atoms with Gasteiger partial charge < -0.3 is 5.73 Å². The molecule has 2 aromatic rings. The molecule has 0 radical (unpaired) electrons. The van der Waals surface area contributed by atoms with Crippen molar-refractivity contribution in [1.82, 2.24) is 10.2 Å². The van der Waals surface area contributed by atoms with Gasteiger partial charge in [-0.25, -0.2) is 8.42 Å². The minimum absolute atomic E-state index is 0.0497. The molecule has 1 amide bonds. The molecular weight excluding hydrogens is 268 g/mol. The fourth-order valence-electron chi connectivity index (χ4n) is 1.49. The predicted octanol–water partition coefficient (Wildman–Crippen LogP) is 0.238. The summed E-state index contributed by atoms with van der Waals surface area (Å²) in [4.78, 5) is 10.8. The van der Waals surface area contributed by atoms with Gasteiger partial charge in [-0.15, -0.1) is 0 Å². The van der Waals surface area contributed by atoms with Crippen molar-refractivity contribution in [3.63, 3.8) is 0 Å². The first-order valence-corrected chi connectivity index (χ1v) is 6.84. The Labute approximate surface area is 109 Å². The summed E-state index contributed by atoms with van der Waals surface area (Å²) in [6, 6.07) is 6.40. The molecule has 1 aromatic carbocycles. The monoisotopic (exact) mass is 280 g/mol. The number of nitrogens with two attached hydrogens (primary N) is 1. The van der Waals surface area contributed by atoms with Crippen LogP contribution in [-0.2, 0) is 21.2 Å². The highest BCUT2D eigenvalue weighted by molar-refractivity contribution is 7.92. The van der Waals surface area contributed by atoms with Crippen LogP contribution in [0.3, 0.4) is 0 Å². The van der Waals surface area contributed by atoms with Crippen molar-refractivity contribution >= 4 is 21.6 Å². The molecule has 4 N–H and O–H groups in total. The molecule has 0 unspecified atom stereocenters. The Hall–Kier alpha value is -2.35. The Morgan fingerprint density at radius 2 is 2.00 bits per heavy atom. The van der Waals surface area contributed by atoms with Gasteiger partial charge in [-0.1, -0.05) is 12.1 Å². The van der Waals surface area contributed by atoms with Crippen LogP contribution in [0.4, 0.5) is 5.69 Å². The number of nitrogens with one attached hydrogen (secondary N) is 2. The number of hydrogen-bond donors (Lipinski definition) is 3. The van der Waals surface area contributed by atoms with Crippen LogP contribution < -0.4 is 10.5 Å². The van der Waals surface area contributed by atoms with Crippen LogP contribution in [0.2, 0.25) is 0 Å². The summed E-state index contributed by atoms with van der Waals surface area (Å²) < 4.78 is 26.2. The first kappa shape index (κ1) is 13.1. The van der Waals surface area contributed by atoms with Crippen molar-refractivity contribution < 1.29 is 13.2 Å². The number of benzene rings is 1. The van der Waals surface area contributed by atoms with Crippen molar-refractivity contribution in [1.29, 1.82) is 0 Å². The number of carbonyl (C=O) groups is 1. The number of anilines is 1. The highest BCUT2D eigenvalue weighted by Gasteiger charge is 2.14. The van der Waals surface area contributed by atoms with E-state index < -0.39 is 15.9 Å². The van der Waals surface area contributed by atoms with Crippen LogP contribution in [0, 0.1) is 0 Å². The lowest BCUT2D eigenvalue weighted by molar-refractivity contribution is -0.117. The Balaban J connectivity index is 2.14. The predicted molar refractivity (Wildman–Crippen MR) is 68.7 cm³/mol. The topological polar surface area (TPSA) is 118 Å². The van der Waals surface area contributed by atoms with E-state index in [1.807, 2.05) is 0 Å². The Morgan fingerprint density at radius 1 is 1.32 bits per heavy atom. The fourth-order valence-corrected chi connectivity index (χ4v) is 2.46. The third-order valence-corrected chi connectivity index (χ3v) is 3.72. The van der Waals surface area contributed by atoms with E-state index in [-0.39, 0.29) is 11.3 Å². The van der Waals surface area contributed by atoms with E-state index in [2.05, 4.69) is 14.9 Å². The Bertz CT molecular complexity index is 662. The summed E-state index contributed by atoms with van der Waals surface area (Å²) in [5.41, 5.74) is 6.19. The quantitative estimate of drug-likeness (QED) is 0.726. The number of nitrogens with zero attached hydrogens (tertiary/aromatic N) is 1. The molecule has 0 atom stereocenters. The van der Waals surface area contributed by atoms with Crippen LogP contribution in [0.5, 0.6) is 0 Å². The number of carbonyl (C=O) groups excluding carboxylic acids is 1. The zero-order valence-corrected chi connectivity index (χ0v) is 10.6. The molecular formula is C11H12N4O3S. The van der Waals surface area contributed by atoms with Gasteiger partial charge >= 0.3 is 0 Å². The molecule has 1 heterocycles. The van der Waals surface area contributed by atoms with Crippen LogP contribution in [-0.4, -0.2) is 24.5 Å². The van der Waals surface area contributed by atoms with E-state index in [0.717, 1.165) is 5.56 Å². The second-order valence-electron chi connectivity index (χ2n) is 3.88. The van der Waals surface area contributed by atoms with Crippen LogP contribution in [0.15, 0.2) is 41.6 Å². The number of primary amides is 1. The SMILES string of the molecule is NC(=O)Cc1ccc(NS(=O)(=O)c2cn[nH]c2)cc1. The second-order valence-corrected chi connectivity index (χ2v) is 5.56. The second kappa shape index (κ2) is 5.11. The van der Waals surface area contributed by atoms with Gasteiger partial charge in [-0.3, -0.25) is 14.6 Å². The number of H-pyrrole nitrogens is 1. The largest absolute Gasteiger partial charge is 0.369 e. The maximum absolute atomic E-state index is 11.9. The van der Waals surface area contributed by atoms with Crippen LogP contribution >= 0.6 is 0 Å². The van der Waals surface area contributed by atoms with Gasteiger partial charge in [0.25, 0.3) is 10.0 Å². The molecule has 0 fully saturated rings. The number of hydrogen-bond acceptors (Lipinski definition) is 4. The number of aromatic nitrogens is 2. The third-order valence-electron chi connectivity index (χ3n) is 2.37. The highest BCUT2D eigenvalue weighted by atomic mass is 32.2. The molecule has 0 saturated heterocycles. The molecule has 0 bridgehead atoms. The van der Waals surface area contributed by atoms with E-state index in [1.165, 1.54) is 12.4 Å². The number of rotatable bonds is 5. The summed E-state index contributed by atoms with van der Waals surface area (Å²) in [6.45, 7) is 0. The lowest BCUT2D eigenvalue weighted by atomic mass is 10.1. The van der Waals surface area contributed by atoms with E-state index in [9.17, 15) is 13.2 Å². The molecule has 1 aromatic heterocycles. The Morgan fingerprint density at radius 3 is 2.53 bits per heavy atom. The van der Waals surface area contributed by atoms with Crippen molar-refractivity contribution in [2.75, 3.05) is 4.72 Å². The van der Waals surface area contributed by atoms with Gasteiger partial charge in [0.05, 0.1) is 12.6 Å². The number of amides is 1. The zero-order chi connectivity index (χ0) is 13.9. The van der Waals surface area contributed by atoms with Crippen molar-refractivity contribution in [2.24, 2.45) is 5.73 Å². The standard InChI is InChI=1S/C11H12N4O3S/c12-11(16)5-8-1-3-9(4-2-8)15-19(17,18)10-6-13-14-7-10/h1-4,6-7,15H,5H2,(H2,12,16)(H,13,14). The minimum Gasteiger partial charge on any atom is -0.369 e. The maximum Gasteiger partial charge on any atom is 0.265 e. The summed E-state index contributed by atoms with van der Waals surface area (Å²) in [7, 11) is -3.64. The van der Waals surface area contributed by atoms with Gasteiger partial charge in [0.15, 0.2) is 0 Å². The summed E-state index contributed by atoms with van der Waals surface area (Å²) in [5, 5.41) is 6.01. The van der Waals surface area contributed by atoms with E-state index in [4.69, 9.17) is 5.73 Å². The van der Waals surface area contributed by atoms with Gasteiger partial charge in [-0.05, 0) is 17.7 Å². The van der Waals surface area contributed by atoms with Gasteiger partial charge in [-0.2, -0.15) is 5.10 Å². The minimum atomic E-state index is -3.64. The third kappa shape index (κ3) is 3.32. The fraction of sp³-hybridized carbons (Fsp3) is 0.0909. The lowest BCUT2D eigenvalue weighted by Crippen LogP contribution is -2.14. The molecule has 0 aliphatic carbocycles. The molecule has 7 nitrogen and oxygen atoms in total. The average molecular weight is 280 g/mol. The number of aromatic amines is 1. The summed E-state index contributed by atoms with van der Waals surface area (Å²) in [6.07, 6.45) is 2.61. The molecule has 0 aliphatic heterocycles. The van der Waals surface area contributed by atoms with Gasteiger partial charge in [0.2, 0.25) is 5.91 Å². The highest BCUT2D eigenvalue weighted by Crippen LogP contribution is 2.15. The van der Waals surface area contributed by atoms with Crippen molar-refractivity contribution in [2.45, 2.75) is 11.3 Å². The first-order valence-electron chi connectivity index (χ1n) is 5.36. The summed E-state index contributed by atoms with van der Waals surface area (Å²) in [5.74, 6) is -0.438. The molecule has 0 aliphatic rings. The van der Waals surface area contributed by atoms with E-state index in [0.29, 0.717) is 5.69 Å². The van der Waals surface area contributed by atoms with E-state index >= 15 is 0 Å². The van der Waals surface area contributed by atoms with Crippen molar-refractivity contribution in [3.05, 3.63) is 42.2 Å². The zero-order valence-electron chi connectivity index (χ0n) is 9.83. The Kier molecular flexibility index (Phi) is 3.52. The molecule has 100 valence electrons. The molecule has 8 heteroatoms. The normalized spacial score (nSPS) is 11.2. The smallest absolute Gasteiger partial charge is 0.265 e. The maximum atomic E-state index is 11.9. The number of sulfonamides is 1. The van der Waals surface area contributed by atoms with Gasteiger partial charge in [0, 0.05) is 11.9 Å². The average Bonchev–Trinajstić information content (AvgIpc) is 2.85. The molecule has 2 rings (SSSR count). The van der Waals surface area contributed by atoms with Crippen molar-refractivity contribution in [3.8, 4) is 0 Å². The van der Waals surface area contributed by atoms with E-state index in [1.54, 1.807) is 24.3 Å². The molecule has 0 saturated carbocycles. The van der Waals surface area contributed by atoms with Gasteiger partial charge in [0.1, 0.15) is 4.90 Å². The molecule has 19 heavy (non-hydrogen) atoms.